The van der Waals surface area contributed by atoms with E-state index in [1.54, 1.807) is 7.11 Å². The van der Waals surface area contributed by atoms with Crippen LogP contribution in [-0.4, -0.2) is 76.8 Å². The summed E-state index contributed by atoms with van der Waals surface area (Å²) in [7, 11) is 1.71. The van der Waals surface area contributed by atoms with Crippen molar-refractivity contribution >= 4 is 0 Å². The summed E-state index contributed by atoms with van der Waals surface area (Å²) in [5, 5.41) is 17.6. The van der Waals surface area contributed by atoms with E-state index in [-0.39, 0.29) is 30.5 Å². The van der Waals surface area contributed by atoms with Crippen molar-refractivity contribution in [1.29, 1.82) is 0 Å². The molecule has 7 nitrogen and oxygen atoms in total. The lowest BCUT2D eigenvalue weighted by molar-refractivity contribution is -0.0263. The summed E-state index contributed by atoms with van der Waals surface area (Å²) in [5.41, 5.74) is 1.26. The number of ether oxygens (including phenoxy) is 2. The zero-order chi connectivity index (χ0) is 20.9. The number of halogens is 1. The van der Waals surface area contributed by atoms with Gasteiger partial charge in [-0.25, -0.2) is 4.39 Å². The van der Waals surface area contributed by atoms with Crippen LogP contribution in [0.1, 0.15) is 39.0 Å². The van der Waals surface area contributed by atoms with Crippen LogP contribution in [0.5, 0.6) is 0 Å². The molecule has 1 saturated carbocycles. The molecule has 0 aromatic heterocycles. The number of fused-ring (bicyclic) bond motifs is 1. The summed E-state index contributed by atoms with van der Waals surface area (Å²) < 4.78 is 27.2. The van der Waals surface area contributed by atoms with Crippen LogP contribution in [0.2, 0.25) is 0 Å². The zero-order valence-electron chi connectivity index (χ0n) is 18.5. The number of alkyl halides is 1. The van der Waals surface area contributed by atoms with Crippen molar-refractivity contribution in [2.24, 2.45) is 11.8 Å². The van der Waals surface area contributed by atoms with Crippen LogP contribution < -0.4 is 26.6 Å². The molecule has 3 fully saturated rings. The fourth-order valence-corrected chi connectivity index (χ4v) is 5.71. The van der Waals surface area contributed by atoms with E-state index in [9.17, 15) is 0 Å². The van der Waals surface area contributed by atoms with E-state index in [2.05, 4.69) is 39.6 Å². The van der Waals surface area contributed by atoms with E-state index in [0.29, 0.717) is 18.6 Å². The quantitative estimate of drug-likeness (QED) is 0.306. The van der Waals surface area contributed by atoms with Crippen LogP contribution in [0.25, 0.3) is 0 Å². The molecule has 0 spiro atoms. The lowest BCUT2D eigenvalue weighted by Gasteiger charge is -2.45. The molecule has 1 aliphatic carbocycles. The second-order valence-electron chi connectivity index (χ2n) is 9.35. The van der Waals surface area contributed by atoms with E-state index >= 15 is 4.39 Å². The predicted molar refractivity (Wildman–Crippen MR) is 116 cm³/mol. The van der Waals surface area contributed by atoms with Gasteiger partial charge in [0.25, 0.3) is 0 Å². The first-order valence-electron chi connectivity index (χ1n) is 11.8. The number of nitrogens with one attached hydrogen (secondary N) is 5. The first-order valence-corrected chi connectivity index (χ1v) is 11.8. The van der Waals surface area contributed by atoms with Gasteiger partial charge in [-0.2, -0.15) is 0 Å². The molecule has 0 radical (unpaired) electrons. The Hall–Kier alpha value is -0.610. The van der Waals surface area contributed by atoms with Crippen molar-refractivity contribution in [3.05, 3.63) is 11.6 Å². The van der Waals surface area contributed by atoms with Crippen molar-refractivity contribution in [3.63, 3.8) is 0 Å². The molecule has 0 aromatic rings. The average Bonchev–Trinajstić information content (AvgIpc) is 3.01. The van der Waals surface area contributed by atoms with Crippen LogP contribution in [0.3, 0.4) is 0 Å². The predicted octanol–water partition coefficient (Wildman–Crippen LogP) is 0.835. The molecule has 5 N–H and O–H groups in total. The lowest BCUT2D eigenvalue weighted by atomic mass is 9.71. The SMILES string of the molecule is COCCNC1CC(C)NC(NC2CC3CCOC3C(C3=CCNCCC3)C2F)N1. The highest BCUT2D eigenvalue weighted by molar-refractivity contribution is 5.18. The minimum Gasteiger partial charge on any atom is -0.383 e. The van der Waals surface area contributed by atoms with Crippen LogP contribution in [0.4, 0.5) is 4.39 Å². The molecule has 8 atom stereocenters. The first kappa shape index (κ1) is 22.6. The van der Waals surface area contributed by atoms with E-state index in [1.807, 2.05) is 0 Å². The molecule has 0 amide bonds. The summed E-state index contributed by atoms with van der Waals surface area (Å²) >= 11 is 0. The van der Waals surface area contributed by atoms with E-state index in [0.717, 1.165) is 58.3 Å². The van der Waals surface area contributed by atoms with Crippen molar-refractivity contribution in [2.45, 2.75) is 75.8 Å². The molecular formula is C22H40FN5O2. The van der Waals surface area contributed by atoms with Gasteiger partial charge in [0.05, 0.1) is 18.9 Å². The Kier molecular flexibility index (Phi) is 8.14. The summed E-state index contributed by atoms with van der Waals surface area (Å²) in [4.78, 5) is 0. The molecule has 2 saturated heterocycles. The standard InChI is InChI=1S/C22H40FN5O2/c1-14-12-18(25-9-11-29-2)28-22(26-14)27-17-13-16-6-10-30-21(16)19(20(17)23)15-4-3-7-24-8-5-15/h5,14,16-22,24-28H,3-4,6-13H2,1-2H3. The second-order valence-corrected chi connectivity index (χ2v) is 9.35. The molecule has 3 heterocycles. The van der Waals surface area contributed by atoms with Gasteiger partial charge >= 0.3 is 0 Å². The van der Waals surface area contributed by atoms with Crippen molar-refractivity contribution in [2.75, 3.05) is 40.0 Å². The topological polar surface area (TPSA) is 78.6 Å². The Balaban J connectivity index is 1.42. The first-order chi connectivity index (χ1) is 14.7. The molecule has 8 unspecified atom stereocenters. The maximum Gasteiger partial charge on any atom is 0.124 e. The van der Waals surface area contributed by atoms with Gasteiger partial charge in [-0.1, -0.05) is 11.6 Å². The van der Waals surface area contributed by atoms with Crippen LogP contribution in [0, 0.1) is 11.8 Å². The molecule has 172 valence electrons. The largest absolute Gasteiger partial charge is 0.383 e. The van der Waals surface area contributed by atoms with Crippen LogP contribution in [-0.2, 0) is 9.47 Å². The van der Waals surface area contributed by atoms with Crippen molar-refractivity contribution < 1.29 is 13.9 Å². The van der Waals surface area contributed by atoms with Gasteiger partial charge < -0.3 is 14.8 Å². The number of hydrogen-bond acceptors (Lipinski definition) is 7. The van der Waals surface area contributed by atoms with Gasteiger partial charge in [-0.05, 0) is 51.5 Å². The number of methoxy groups -OCH3 is 1. The molecule has 0 bridgehead atoms. The summed E-state index contributed by atoms with van der Waals surface area (Å²) in [6.45, 7) is 6.27. The van der Waals surface area contributed by atoms with Crippen LogP contribution >= 0.6 is 0 Å². The minimum absolute atomic E-state index is 0.0389. The normalized spacial score (nSPS) is 42.4. The molecule has 30 heavy (non-hydrogen) atoms. The molecule has 8 heteroatoms. The summed E-state index contributed by atoms with van der Waals surface area (Å²) in [6, 6.07) is 0.171. The summed E-state index contributed by atoms with van der Waals surface area (Å²) in [5.74, 6) is 0.313. The highest BCUT2D eigenvalue weighted by atomic mass is 19.1. The van der Waals surface area contributed by atoms with E-state index in [1.165, 1.54) is 5.57 Å². The maximum atomic E-state index is 16.0. The monoisotopic (exact) mass is 425 g/mol. The van der Waals surface area contributed by atoms with Gasteiger partial charge in [0, 0.05) is 44.8 Å². The van der Waals surface area contributed by atoms with Gasteiger partial charge in [-0.3, -0.25) is 21.3 Å². The molecule has 0 aromatic carbocycles. The molecule has 3 aliphatic heterocycles. The van der Waals surface area contributed by atoms with Crippen LogP contribution in [0.15, 0.2) is 11.6 Å². The molecule has 4 aliphatic rings. The molecule has 4 rings (SSSR count). The fraction of sp³-hybridized carbons (Fsp3) is 0.909. The van der Waals surface area contributed by atoms with E-state index in [4.69, 9.17) is 9.47 Å². The second kappa shape index (κ2) is 10.8. The van der Waals surface area contributed by atoms with Gasteiger partial charge in [0.15, 0.2) is 0 Å². The average molecular weight is 426 g/mol. The zero-order valence-corrected chi connectivity index (χ0v) is 18.5. The highest BCUT2D eigenvalue weighted by Gasteiger charge is 2.49. The third kappa shape index (κ3) is 5.41. The van der Waals surface area contributed by atoms with Crippen molar-refractivity contribution in [1.82, 2.24) is 26.6 Å². The van der Waals surface area contributed by atoms with Gasteiger partial charge in [-0.15, -0.1) is 0 Å². The number of rotatable bonds is 7. The summed E-state index contributed by atoms with van der Waals surface area (Å²) in [6.07, 6.45) is 6.30. The van der Waals surface area contributed by atoms with E-state index < -0.39 is 6.17 Å². The Bertz CT molecular complexity index is 580. The van der Waals surface area contributed by atoms with Gasteiger partial charge in [0.1, 0.15) is 12.5 Å². The third-order valence-corrected chi connectivity index (χ3v) is 7.14. The smallest absolute Gasteiger partial charge is 0.124 e. The Morgan fingerprint density at radius 2 is 2.20 bits per heavy atom. The fourth-order valence-electron chi connectivity index (χ4n) is 5.71. The third-order valence-electron chi connectivity index (χ3n) is 7.14. The molecular weight excluding hydrogens is 385 g/mol. The van der Waals surface area contributed by atoms with Gasteiger partial charge in [0.2, 0.25) is 0 Å². The lowest BCUT2D eigenvalue weighted by Crippen LogP contribution is -2.70. The number of hydrogen-bond donors (Lipinski definition) is 5. The Morgan fingerprint density at radius 1 is 1.30 bits per heavy atom. The van der Waals surface area contributed by atoms with Crippen molar-refractivity contribution in [3.8, 4) is 0 Å². The minimum atomic E-state index is -0.936. The Labute approximate surface area is 180 Å². The maximum absolute atomic E-state index is 16.0. The highest BCUT2D eigenvalue weighted by Crippen LogP contribution is 2.44. The Morgan fingerprint density at radius 3 is 3.07 bits per heavy atom.